The van der Waals surface area contributed by atoms with E-state index < -0.39 is 0 Å². The lowest BCUT2D eigenvalue weighted by Crippen LogP contribution is -2.06. The van der Waals surface area contributed by atoms with Gasteiger partial charge in [-0.25, -0.2) is 0 Å². The molecular formula is C18H16O2. The van der Waals surface area contributed by atoms with Crippen molar-refractivity contribution in [2.24, 2.45) is 0 Å². The minimum Gasteiger partial charge on any atom is -0.497 e. The van der Waals surface area contributed by atoms with E-state index in [0.717, 1.165) is 16.9 Å². The van der Waals surface area contributed by atoms with Gasteiger partial charge in [-0.1, -0.05) is 48.2 Å². The van der Waals surface area contributed by atoms with Gasteiger partial charge in [-0.15, -0.1) is 0 Å². The summed E-state index contributed by atoms with van der Waals surface area (Å²) in [6, 6.07) is 17.1. The van der Waals surface area contributed by atoms with Crippen molar-refractivity contribution >= 4 is 5.78 Å². The Balaban J connectivity index is 2.30. The number of ketones is 1. The second-order valence-electron chi connectivity index (χ2n) is 4.46. The van der Waals surface area contributed by atoms with Crippen molar-refractivity contribution in [1.29, 1.82) is 0 Å². The zero-order chi connectivity index (χ0) is 14.4. The quantitative estimate of drug-likeness (QED) is 0.794. The van der Waals surface area contributed by atoms with Gasteiger partial charge >= 0.3 is 0 Å². The minimum absolute atomic E-state index is 0.0478. The summed E-state index contributed by atoms with van der Waals surface area (Å²) < 4.78 is 5.16. The summed E-state index contributed by atoms with van der Waals surface area (Å²) in [5, 5.41) is 0. The van der Waals surface area contributed by atoms with Gasteiger partial charge in [0.1, 0.15) is 17.5 Å². The molecule has 100 valence electrons. The average molecular weight is 264 g/mol. The van der Waals surface area contributed by atoms with Crippen LogP contribution < -0.4 is 4.74 Å². The molecule has 0 fully saturated rings. The van der Waals surface area contributed by atoms with Gasteiger partial charge in [-0.05, 0) is 30.7 Å². The highest BCUT2D eigenvalue weighted by molar-refractivity contribution is 5.86. The molecule has 0 aliphatic carbocycles. The number of hydrogen-bond acceptors (Lipinski definition) is 2. The lowest BCUT2D eigenvalue weighted by molar-refractivity contribution is -0.117. The van der Waals surface area contributed by atoms with E-state index in [0.29, 0.717) is 0 Å². The average Bonchev–Trinajstić information content (AvgIpc) is 2.48. The molecule has 0 heterocycles. The molecule has 2 heteroatoms. The molecule has 2 nitrogen and oxygen atoms in total. The van der Waals surface area contributed by atoms with Crippen LogP contribution in [0.5, 0.6) is 5.75 Å². The highest BCUT2D eigenvalue weighted by atomic mass is 16.5. The van der Waals surface area contributed by atoms with Crippen LogP contribution in [0.15, 0.2) is 54.6 Å². The first-order chi connectivity index (χ1) is 9.70. The molecule has 0 saturated heterocycles. The first kappa shape index (κ1) is 13.9. The maximum Gasteiger partial charge on any atom is 0.149 e. The molecule has 0 saturated carbocycles. The van der Waals surface area contributed by atoms with Crippen LogP contribution in [0.3, 0.4) is 0 Å². The lowest BCUT2D eigenvalue weighted by Gasteiger charge is -2.06. The topological polar surface area (TPSA) is 26.3 Å². The Bertz CT molecular complexity index is 648. The molecule has 0 spiro atoms. The molecule has 0 aliphatic heterocycles. The summed E-state index contributed by atoms with van der Waals surface area (Å²) in [6.45, 7) is 1.57. The Morgan fingerprint density at radius 1 is 1.10 bits per heavy atom. The molecular weight excluding hydrogens is 248 g/mol. The third-order valence-corrected chi connectivity index (χ3v) is 2.97. The smallest absolute Gasteiger partial charge is 0.149 e. The van der Waals surface area contributed by atoms with Crippen LogP contribution in [0, 0.1) is 11.8 Å². The lowest BCUT2D eigenvalue weighted by atomic mass is 9.96. The number of carbonyl (C=O) groups excluding carboxylic acids is 1. The molecule has 20 heavy (non-hydrogen) atoms. The van der Waals surface area contributed by atoms with Crippen LogP contribution in [-0.4, -0.2) is 12.9 Å². The van der Waals surface area contributed by atoms with E-state index in [4.69, 9.17) is 4.74 Å². The van der Waals surface area contributed by atoms with Crippen molar-refractivity contribution in [3.8, 4) is 17.6 Å². The molecule has 1 atom stereocenters. The highest BCUT2D eigenvalue weighted by Crippen LogP contribution is 2.16. The maximum absolute atomic E-state index is 11.8. The molecule has 2 rings (SSSR count). The fourth-order valence-corrected chi connectivity index (χ4v) is 1.92. The number of hydrogen-bond donors (Lipinski definition) is 0. The Labute approximate surface area is 119 Å². The van der Waals surface area contributed by atoms with Crippen LogP contribution in [-0.2, 0) is 4.79 Å². The Kier molecular flexibility index (Phi) is 4.57. The van der Waals surface area contributed by atoms with Gasteiger partial charge in [0.15, 0.2) is 0 Å². The summed E-state index contributed by atoms with van der Waals surface area (Å²) in [6.07, 6.45) is 0. The van der Waals surface area contributed by atoms with Gasteiger partial charge in [0.25, 0.3) is 0 Å². The van der Waals surface area contributed by atoms with Crippen molar-refractivity contribution in [2.45, 2.75) is 12.8 Å². The monoisotopic (exact) mass is 264 g/mol. The fourth-order valence-electron chi connectivity index (χ4n) is 1.92. The third kappa shape index (κ3) is 3.49. The minimum atomic E-state index is -0.387. The van der Waals surface area contributed by atoms with Gasteiger partial charge < -0.3 is 4.74 Å². The summed E-state index contributed by atoms with van der Waals surface area (Å²) in [5.41, 5.74) is 1.77. The van der Waals surface area contributed by atoms with Gasteiger partial charge in [-0.2, -0.15) is 0 Å². The highest BCUT2D eigenvalue weighted by Gasteiger charge is 2.12. The number of carbonyl (C=O) groups is 1. The van der Waals surface area contributed by atoms with E-state index in [1.165, 1.54) is 0 Å². The Morgan fingerprint density at radius 3 is 2.50 bits per heavy atom. The molecule has 0 amide bonds. The Hall–Kier alpha value is -2.53. The standard InChI is InChI=1S/C18H16O2/c1-14(19)18(16-8-4-3-5-9-16)12-11-15-7-6-10-17(13-15)20-2/h3-10,13,18H,1-2H3. The summed E-state index contributed by atoms with van der Waals surface area (Å²) in [4.78, 5) is 11.8. The van der Waals surface area contributed by atoms with E-state index >= 15 is 0 Å². The summed E-state index contributed by atoms with van der Waals surface area (Å²) in [5.74, 6) is 6.52. The number of rotatable bonds is 3. The van der Waals surface area contributed by atoms with Crippen LogP contribution in [0.25, 0.3) is 0 Å². The van der Waals surface area contributed by atoms with Gasteiger partial charge in [0.2, 0.25) is 0 Å². The van der Waals surface area contributed by atoms with Gasteiger partial charge in [0.05, 0.1) is 7.11 Å². The molecule has 2 aromatic rings. The van der Waals surface area contributed by atoms with Crippen LogP contribution in [0.2, 0.25) is 0 Å². The molecule has 1 unspecified atom stereocenters. The van der Waals surface area contributed by atoms with E-state index in [1.807, 2.05) is 54.6 Å². The fraction of sp³-hybridized carbons (Fsp3) is 0.167. The van der Waals surface area contributed by atoms with Crippen LogP contribution >= 0.6 is 0 Å². The predicted molar refractivity (Wildman–Crippen MR) is 79.7 cm³/mol. The van der Waals surface area contributed by atoms with Crippen molar-refractivity contribution in [1.82, 2.24) is 0 Å². The molecule has 0 aliphatic rings. The zero-order valence-electron chi connectivity index (χ0n) is 11.6. The van der Waals surface area contributed by atoms with E-state index in [9.17, 15) is 4.79 Å². The van der Waals surface area contributed by atoms with Crippen molar-refractivity contribution in [3.05, 3.63) is 65.7 Å². The van der Waals surface area contributed by atoms with E-state index in [2.05, 4.69) is 11.8 Å². The zero-order valence-corrected chi connectivity index (χ0v) is 11.6. The van der Waals surface area contributed by atoms with Gasteiger partial charge in [-0.3, -0.25) is 4.79 Å². The molecule has 0 radical (unpaired) electrons. The number of ether oxygens (including phenoxy) is 1. The maximum atomic E-state index is 11.8. The Morgan fingerprint density at radius 2 is 1.85 bits per heavy atom. The number of Topliss-reactive ketones (excluding diaryl/α,β-unsaturated/α-hetero) is 1. The van der Waals surface area contributed by atoms with Crippen LogP contribution in [0.1, 0.15) is 24.0 Å². The summed E-state index contributed by atoms with van der Waals surface area (Å²) >= 11 is 0. The van der Waals surface area contributed by atoms with Crippen molar-refractivity contribution in [2.75, 3.05) is 7.11 Å². The van der Waals surface area contributed by atoms with E-state index in [-0.39, 0.29) is 11.7 Å². The summed E-state index contributed by atoms with van der Waals surface area (Å²) in [7, 11) is 1.62. The van der Waals surface area contributed by atoms with Crippen LogP contribution in [0.4, 0.5) is 0 Å². The molecule has 2 aromatic carbocycles. The molecule has 0 aromatic heterocycles. The van der Waals surface area contributed by atoms with E-state index in [1.54, 1.807) is 14.0 Å². The second-order valence-corrected chi connectivity index (χ2v) is 4.46. The molecule has 0 bridgehead atoms. The SMILES string of the molecule is COc1cccc(C#CC(C(C)=O)c2ccccc2)c1. The second kappa shape index (κ2) is 6.58. The first-order valence-electron chi connectivity index (χ1n) is 6.41. The normalized spacial score (nSPS) is 11.1. The number of methoxy groups -OCH3 is 1. The predicted octanol–water partition coefficient (Wildman–Crippen LogP) is 3.42. The first-order valence-corrected chi connectivity index (χ1v) is 6.41. The van der Waals surface area contributed by atoms with Gasteiger partial charge in [0, 0.05) is 5.56 Å². The van der Waals surface area contributed by atoms with Crippen molar-refractivity contribution < 1.29 is 9.53 Å². The van der Waals surface area contributed by atoms with Crippen molar-refractivity contribution in [3.63, 3.8) is 0 Å². The largest absolute Gasteiger partial charge is 0.497 e. The molecule has 0 N–H and O–H groups in total. The third-order valence-electron chi connectivity index (χ3n) is 2.97. The number of benzene rings is 2.